The highest BCUT2D eigenvalue weighted by atomic mass is 16.5. The van der Waals surface area contributed by atoms with Gasteiger partial charge in [-0.25, -0.2) is 0 Å². The maximum atomic E-state index is 11.8. The summed E-state index contributed by atoms with van der Waals surface area (Å²) >= 11 is 0. The van der Waals surface area contributed by atoms with Gasteiger partial charge in [0.25, 0.3) is 0 Å². The quantitative estimate of drug-likeness (QED) is 0.578. The van der Waals surface area contributed by atoms with Gasteiger partial charge in [0.15, 0.2) is 17.3 Å². The van der Waals surface area contributed by atoms with E-state index in [4.69, 9.17) is 9.47 Å². The molecule has 0 saturated heterocycles. The molecule has 3 nitrogen and oxygen atoms in total. The van der Waals surface area contributed by atoms with E-state index in [1.54, 1.807) is 39.3 Å². The second-order valence-corrected chi connectivity index (χ2v) is 3.42. The van der Waals surface area contributed by atoms with Gasteiger partial charge in [-0.15, -0.1) is 11.8 Å². The number of ether oxygens (including phenoxy) is 2. The van der Waals surface area contributed by atoms with Crippen molar-refractivity contribution in [2.75, 3.05) is 14.2 Å². The highest BCUT2D eigenvalue weighted by Crippen LogP contribution is 2.28. The minimum absolute atomic E-state index is 0.0636. The first-order chi connectivity index (χ1) is 8.22. The second kappa shape index (κ2) is 6.59. The van der Waals surface area contributed by atoms with Crippen LogP contribution in [-0.4, -0.2) is 20.0 Å². The zero-order valence-corrected chi connectivity index (χ0v) is 10.4. The van der Waals surface area contributed by atoms with Gasteiger partial charge < -0.3 is 9.47 Å². The fourth-order valence-corrected chi connectivity index (χ4v) is 1.46. The van der Waals surface area contributed by atoms with Crippen molar-refractivity contribution in [3.8, 4) is 23.3 Å². The zero-order valence-electron chi connectivity index (χ0n) is 10.4. The lowest BCUT2D eigenvalue weighted by Gasteiger charge is -2.08. The van der Waals surface area contributed by atoms with Crippen LogP contribution in [0.2, 0.25) is 0 Å². The van der Waals surface area contributed by atoms with Crippen LogP contribution in [0.4, 0.5) is 0 Å². The highest BCUT2D eigenvalue weighted by molar-refractivity contribution is 5.96. The number of rotatable bonds is 5. The molecule has 1 aromatic rings. The second-order valence-electron chi connectivity index (χ2n) is 3.42. The van der Waals surface area contributed by atoms with Crippen molar-refractivity contribution in [3.63, 3.8) is 0 Å². The maximum Gasteiger partial charge on any atom is 0.163 e. The van der Waals surface area contributed by atoms with E-state index in [0.29, 0.717) is 29.9 Å². The van der Waals surface area contributed by atoms with Gasteiger partial charge in [-0.05, 0) is 25.1 Å². The Morgan fingerprint density at radius 2 is 1.94 bits per heavy atom. The fourth-order valence-electron chi connectivity index (χ4n) is 1.46. The number of hydrogen-bond donors (Lipinski definition) is 0. The van der Waals surface area contributed by atoms with Crippen molar-refractivity contribution in [3.05, 3.63) is 23.8 Å². The molecule has 0 amide bonds. The van der Waals surface area contributed by atoms with E-state index >= 15 is 0 Å². The molecule has 0 atom stereocenters. The van der Waals surface area contributed by atoms with Crippen molar-refractivity contribution in [2.24, 2.45) is 0 Å². The van der Waals surface area contributed by atoms with Crippen molar-refractivity contribution in [1.29, 1.82) is 0 Å². The van der Waals surface area contributed by atoms with Gasteiger partial charge in [0.2, 0.25) is 0 Å². The molecule has 17 heavy (non-hydrogen) atoms. The lowest BCUT2D eigenvalue weighted by atomic mass is 10.1. The Labute approximate surface area is 102 Å². The van der Waals surface area contributed by atoms with Crippen LogP contribution in [0.3, 0.4) is 0 Å². The molecule has 0 aliphatic carbocycles. The number of carbonyl (C=O) groups is 1. The molecular formula is C14H16O3. The normalized spacial score (nSPS) is 9.12. The fraction of sp³-hybridized carbons (Fsp3) is 0.357. The molecule has 90 valence electrons. The van der Waals surface area contributed by atoms with Crippen molar-refractivity contribution in [1.82, 2.24) is 0 Å². The minimum Gasteiger partial charge on any atom is -0.493 e. The molecule has 0 saturated carbocycles. The molecule has 0 unspecified atom stereocenters. The molecule has 0 aliphatic heterocycles. The Hall–Kier alpha value is -1.95. The Bertz CT molecular complexity index is 452. The van der Waals surface area contributed by atoms with E-state index < -0.39 is 0 Å². The van der Waals surface area contributed by atoms with Crippen LogP contribution in [0, 0.1) is 11.8 Å². The number of ketones is 1. The lowest BCUT2D eigenvalue weighted by Crippen LogP contribution is -2.00. The summed E-state index contributed by atoms with van der Waals surface area (Å²) in [4.78, 5) is 11.8. The summed E-state index contributed by atoms with van der Waals surface area (Å²) in [5.74, 6) is 6.90. The summed E-state index contributed by atoms with van der Waals surface area (Å²) in [6.45, 7) is 1.76. The predicted octanol–water partition coefficient (Wildman–Crippen LogP) is 2.69. The zero-order chi connectivity index (χ0) is 12.7. The summed E-state index contributed by atoms with van der Waals surface area (Å²) in [7, 11) is 3.12. The SMILES string of the molecule is CC#CCCC(=O)c1ccc(OC)c(OC)c1. The van der Waals surface area contributed by atoms with E-state index in [0.717, 1.165) is 0 Å². The number of Topliss-reactive ketones (excluding diaryl/α,β-unsaturated/α-hetero) is 1. The van der Waals surface area contributed by atoms with E-state index in [2.05, 4.69) is 11.8 Å². The third kappa shape index (κ3) is 3.53. The Morgan fingerprint density at radius 1 is 1.24 bits per heavy atom. The number of methoxy groups -OCH3 is 2. The van der Waals surface area contributed by atoms with E-state index in [1.807, 2.05) is 0 Å². The Balaban J connectivity index is 2.83. The molecule has 0 fully saturated rings. The van der Waals surface area contributed by atoms with Gasteiger partial charge in [-0.3, -0.25) is 4.79 Å². The monoisotopic (exact) mass is 232 g/mol. The van der Waals surface area contributed by atoms with Crippen LogP contribution < -0.4 is 9.47 Å². The molecule has 1 aromatic carbocycles. The van der Waals surface area contributed by atoms with Gasteiger partial charge in [0.1, 0.15) is 0 Å². The summed E-state index contributed by atoms with van der Waals surface area (Å²) in [5.41, 5.74) is 0.626. The first-order valence-electron chi connectivity index (χ1n) is 5.37. The van der Waals surface area contributed by atoms with Gasteiger partial charge in [0.05, 0.1) is 14.2 Å². The number of carbonyl (C=O) groups excluding carboxylic acids is 1. The molecule has 0 aromatic heterocycles. The summed E-state index contributed by atoms with van der Waals surface area (Å²) in [5, 5.41) is 0. The van der Waals surface area contributed by atoms with Crippen LogP contribution in [0.15, 0.2) is 18.2 Å². The van der Waals surface area contributed by atoms with Gasteiger partial charge in [-0.1, -0.05) is 0 Å². The largest absolute Gasteiger partial charge is 0.493 e. The number of hydrogen-bond acceptors (Lipinski definition) is 3. The van der Waals surface area contributed by atoms with Crippen molar-refractivity contribution in [2.45, 2.75) is 19.8 Å². The standard InChI is InChI=1S/C14H16O3/c1-4-5-6-7-12(15)11-8-9-13(16-2)14(10-11)17-3/h8-10H,6-7H2,1-3H3. The number of benzene rings is 1. The molecule has 0 heterocycles. The first kappa shape index (κ1) is 13.1. The van der Waals surface area contributed by atoms with Gasteiger partial charge in [0, 0.05) is 18.4 Å². The highest BCUT2D eigenvalue weighted by Gasteiger charge is 2.09. The van der Waals surface area contributed by atoms with Crippen LogP contribution in [-0.2, 0) is 0 Å². The van der Waals surface area contributed by atoms with Crippen molar-refractivity contribution >= 4 is 5.78 Å². The van der Waals surface area contributed by atoms with E-state index in [1.165, 1.54) is 0 Å². The Morgan fingerprint density at radius 3 is 2.53 bits per heavy atom. The average molecular weight is 232 g/mol. The topological polar surface area (TPSA) is 35.5 Å². The smallest absolute Gasteiger partial charge is 0.163 e. The van der Waals surface area contributed by atoms with Gasteiger partial charge >= 0.3 is 0 Å². The van der Waals surface area contributed by atoms with Crippen LogP contribution in [0.1, 0.15) is 30.1 Å². The first-order valence-corrected chi connectivity index (χ1v) is 5.37. The summed E-state index contributed by atoms with van der Waals surface area (Å²) < 4.78 is 10.3. The molecule has 0 spiro atoms. The maximum absolute atomic E-state index is 11.8. The molecule has 0 bridgehead atoms. The molecule has 0 radical (unpaired) electrons. The Kier molecular flexibility index (Phi) is 5.09. The summed E-state index contributed by atoms with van der Waals surface area (Å²) in [6, 6.07) is 5.17. The van der Waals surface area contributed by atoms with Crippen LogP contribution >= 0.6 is 0 Å². The average Bonchev–Trinajstić information content (AvgIpc) is 2.38. The third-order valence-electron chi connectivity index (χ3n) is 2.36. The molecule has 1 rings (SSSR count). The molecule has 0 N–H and O–H groups in total. The van der Waals surface area contributed by atoms with Crippen LogP contribution in [0.25, 0.3) is 0 Å². The third-order valence-corrected chi connectivity index (χ3v) is 2.36. The minimum atomic E-state index is 0.0636. The molecule has 0 aliphatic rings. The summed E-state index contributed by atoms with van der Waals surface area (Å²) in [6.07, 6.45) is 1.01. The molecular weight excluding hydrogens is 216 g/mol. The van der Waals surface area contributed by atoms with E-state index in [9.17, 15) is 4.79 Å². The lowest BCUT2D eigenvalue weighted by molar-refractivity contribution is 0.0984. The molecule has 3 heteroatoms. The van der Waals surface area contributed by atoms with Gasteiger partial charge in [-0.2, -0.15) is 0 Å². The van der Waals surface area contributed by atoms with Crippen LogP contribution in [0.5, 0.6) is 11.5 Å². The predicted molar refractivity (Wildman–Crippen MR) is 66.6 cm³/mol. The van der Waals surface area contributed by atoms with Crippen molar-refractivity contribution < 1.29 is 14.3 Å². The van der Waals surface area contributed by atoms with E-state index in [-0.39, 0.29) is 5.78 Å².